The standard InChI is InChI=1S/C22H27ClN2O3.C5H10N2O/c1-2-3-8-19-24-21(23)18(14-26)25(19)13-15-9-11-17(12-10-15)20(22(27)28)16-6-4-5-7-16;6-5(8)4-2-1-3-7-4/h9-12,14,16,20H,2-8,13H2,1H3,(H,27,28);4,7H,1-3H2,(H2,6,8)/t;4-/m.0/s1. The summed E-state index contributed by atoms with van der Waals surface area (Å²) in [6.45, 7) is 3.54. The van der Waals surface area contributed by atoms with Crippen molar-refractivity contribution in [2.75, 3.05) is 6.54 Å². The summed E-state index contributed by atoms with van der Waals surface area (Å²) in [5.41, 5.74) is 7.24. The van der Waals surface area contributed by atoms with E-state index in [0.29, 0.717) is 12.2 Å². The van der Waals surface area contributed by atoms with Crippen LogP contribution in [0.15, 0.2) is 24.3 Å². The third-order valence-corrected chi connectivity index (χ3v) is 7.41. The Bertz CT molecular complexity index is 1030. The van der Waals surface area contributed by atoms with E-state index in [2.05, 4.69) is 17.2 Å². The number of aliphatic carboxylic acids is 1. The molecule has 4 rings (SSSR count). The van der Waals surface area contributed by atoms with Gasteiger partial charge < -0.3 is 20.7 Å². The van der Waals surface area contributed by atoms with E-state index in [1.54, 1.807) is 0 Å². The van der Waals surface area contributed by atoms with Crippen LogP contribution in [0.4, 0.5) is 0 Å². The van der Waals surface area contributed by atoms with Crippen LogP contribution in [0.5, 0.6) is 0 Å². The largest absolute Gasteiger partial charge is 0.481 e. The molecule has 8 nitrogen and oxygen atoms in total. The third-order valence-electron chi connectivity index (χ3n) is 7.13. The van der Waals surface area contributed by atoms with Crippen LogP contribution in [-0.2, 0) is 22.6 Å². The lowest BCUT2D eigenvalue weighted by Crippen LogP contribution is -2.36. The fourth-order valence-electron chi connectivity index (χ4n) is 5.14. The van der Waals surface area contributed by atoms with Gasteiger partial charge in [0.15, 0.2) is 11.4 Å². The Morgan fingerprint density at radius 2 is 1.92 bits per heavy atom. The number of unbranched alkanes of at least 4 members (excludes halogenated alkanes) is 1. The summed E-state index contributed by atoms with van der Waals surface area (Å²) in [6, 6.07) is 7.68. The molecule has 2 aliphatic rings. The fourth-order valence-corrected chi connectivity index (χ4v) is 5.39. The molecule has 0 radical (unpaired) electrons. The van der Waals surface area contributed by atoms with Gasteiger partial charge in [-0.05, 0) is 55.7 Å². The molecular formula is C27H37ClN4O4. The van der Waals surface area contributed by atoms with E-state index >= 15 is 0 Å². The lowest BCUT2D eigenvalue weighted by atomic mass is 9.84. The number of benzene rings is 1. The molecule has 0 spiro atoms. The average molecular weight is 517 g/mol. The number of hydrogen-bond acceptors (Lipinski definition) is 5. The summed E-state index contributed by atoms with van der Waals surface area (Å²) in [5, 5.41) is 12.9. The number of hydrogen-bond donors (Lipinski definition) is 3. The molecule has 1 amide bonds. The first-order valence-corrected chi connectivity index (χ1v) is 13.3. The maximum atomic E-state index is 11.8. The van der Waals surface area contributed by atoms with E-state index in [1.807, 2.05) is 28.8 Å². The van der Waals surface area contributed by atoms with Gasteiger partial charge in [0, 0.05) is 13.0 Å². The summed E-state index contributed by atoms with van der Waals surface area (Å²) in [4.78, 5) is 38.0. The number of nitrogens with one attached hydrogen (secondary N) is 1. The molecular weight excluding hydrogens is 480 g/mol. The molecule has 1 aliphatic heterocycles. The number of carboxylic acids is 1. The molecule has 1 unspecified atom stereocenters. The first kappa shape index (κ1) is 27.9. The van der Waals surface area contributed by atoms with Crippen molar-refractivity contribution in [3.8, 4) is 0 Å². The smallest absolute Gasteiger partial charge is 0.311 e. The number of aromatic nitrogens is 2. The number of nitrogens with two attached hydrogens (primary N) is 1. The SMILES string of the molecule is CCCCc1nc(Cl)c(C=O)n1Cc1ccc(C(C(=O)O)C2CCCC2)cc1.NC(=O)[C@@H]1CCCN1. The van der Waals surface area contributed by atoms with Crippen molar-refractivity contribution < 1.29 is 19.5 Å². The number of halogens is 1. The third kappa shape index (κ3) is 7.17. The molecule has 196 valence electrons. The molecule has 0 bridgehead atoms. The zero-order valence-corrected chi connectivity index (χ0v) is 21.7. The van der Waals surface area contributed by atoms with Crippen LogP contribution in [-0.4, -0.2) is 45.4 Å². The number of carbonyl (C=O) groups is 3. The molecule has 1 aromatic carbocycles. The maximum Gasteiger partial charge on any atom is 0.311 e. The molecule has 1 saturated carbocycles. The van der Waals surface area contributed by atoms with Crippen LogP contribution in [0.3, 0.4) is 0 Å². The normalized spacial score (nSPS) is 18.4. The number of nitrogens with zero attached hydrogens (tertiary/aromatic N) is 2. The van der Waals surface area contributed by atoms with Gasteiger partial charge in [-0.15, -0.1) is 0 Å². The van der Waals surface area contributed by atoms with Crippen LogP contribution < -0.4 is 11.1 Å². The molecule has 36 heavy (non-hydrogen) atoms. The highest BCUT2D eigenvalue weighted by molar-refractivity contribution is 6.31. The van der Waals surface area contributed by atoms with Gasteiger partial charge in [-0.2, -0.15) is 0 Å². The number of imidazole rings is 1. The highest BCUT2D eigenvalue weighted by Gasteiger charge is 2.31. The Morgan fingerprint density at radius 3 is 2.42 bits per heavy atom. The van der Waals surface area contributed by atoms with Crippen molar-refractivity contribution >= 4 is 29.8 Å². The summed E-state index contributed by atoms with van der Waals surface area (Å²) in [7, 11) is 0. The van der Waals surface area contributed by atoms with Gasteiger partial charge in [0.05, 0.1) is 12.0 Å². The molecule has 2 atom stereocenters. The predicted octanol–water partition coefficient (Wildman–Crippen LogP) is 4.32. The minimum Gasteiger partial charge on any atom is -0.481 e. The second-order valence-corrected chi connectivity index (χ2v) is 10.0. The lowest BCUT2D eigenvalue weighted by Gasteiger charge is -2.20. The average Bonchev–Trinajstić information content (AvgIpc) is 3.62. The molecule has 2 fully saturated rings. The fraction of sp³-hybridized carbons (Fsp3) is 0.556. The van der Waals surface area contributed by atoms with Crippen molar-refractivity contribution in [3.05, 3.63) is 52.1 Å². The Hall–Kier alpha value is -2.71. The van der Waals surface area contributed by atoms with Crippen molar-refractivity contribution in [1.29, 1.82) is 0 Å². The van der Waals surface area contributed by atoms with E-state index in [0.717, 1.165) is 87.6 Å². The molecule has 2 heterocycles. The first-order chi connectivity index (χ1) is 17.3. The van der Waals surface area contributed by atoms with Crippen LogP contribution >= 0.6 is 11.6 Å². The molecule has 1 aromatic heterocycles. The van der Waals surface area contributed by atoms with Crippen molar-refractivity contribution in [1.82, 2.24) is 14.9 Å². The quantitative estimate of drug-likeness (QED) is 0.403. The minimum absolute atomic E-state index is 0.0463. The molecule has 9 heteroatoms. The highest BCUT2D eigenvalue weighted by Crippen LogP contribution is 2.37. The monoisotopic (exact) mass is 516 g/mol. The molecule has 1 saturated heterocycles. The first-order valence-electron chi connectivity index (χ1n) is 12.9. The van der Waals surface area contributed by atoms with Crippen molar-refractivity contribution in [3.63, 3.8) is 0 Å². The van der Waals surface area contributed by atoms with Crippen molar-refractivity contribution in [2.45, 2.75) is 83.2 Å². The Morgan fingerprint density at radius 1 is 1.22 bits per heavy atom. The Kier molecular flexibility index (Phi) is 10.5. The predicted molar refractivity (Wildman–Crippen MR) is 139 cm³/mol. The lowest BCUT2D eigenvalue weighted by molar-refractivity contribution is -0.140. The van der Waals surface area contributed by atoms with E-state index < -0.39 is 11.9 Å². The topological polar surface area (TPSA) is 127 Å². The van der Waals surface area contributed by atoms with Crippen LogP contribution in [0.1, 0.15) is 91.6 Å². The Balaban J connectivity index is 0.000000383. The van der Waals surface area contributed by atoms with E-state index in [1.165, 1.54) is 0 Å². The zero-order valence-electron chi connectivity index (χ0n) is 20.9. The van der Waals surface area contributed by atoms with Gasteiger partial charge in [-0.1, -0.05) is 62.1 Å². The number of aldehydes is 1. The van der Waals surface area contributed by atoms with Crippen LogP contribution in [0.25, 0.3) is 0 Å². The number of carboxylic acid groups (broad SMARTS) is 1. The highest BCUT2D eigenvalue weighted by atomic mass is 35.5. The molecule has 4 N–H and O–H groups in total. The summed E-state index contributed by atoms with van der Waals surface area (Å²) >= 11 is 6.14. The van der Waals surface area contributed by atoms with Gasteiger partial charge in [0.25, 0.3) is 0 Å². The van der Waals surface area contributed by atoms with Crippen molar-refractivity contribution in [2.24, 2.45) is 11.7 Å². The van der Waals surface area contributed by atoms with Gasteiger partial charge in [-0.3, -0.25) is 14.4 Å². The van der Waals surface area contributed by atoms with Crippen LogP contribution in [0.2, 0.25) is 5.15 Å². The van der Waals surface area contributed by atoms with E-state index in [9.17, 15) is 19.5 Å². The summed E-state index contributed by atoms with van der Waals surface area (Å²) < 4.78 is 1.87. The van der Waals surface area contributed by atoms with Gasteiger partial charge in [0.1, 0.15) is 11.5 Å². The van der Waals surface area contributed by atoms with Crippen LogP contribution in [0, 0.1) is 5.92 Å². The number of rotatable bonds is 10. The number of amides is 1. The number of carbonyl (C=O) groups excluding carboxylic acids is 2. The summed E-state index contributed by atoms with van der Waals surface area (Å²) in [6.07, 6.45) is 9.71. The van der Waals surface area contributed by atoms with E-state index in [-0.39, 0.29) is 23.0 Å². The number of primary amides is 1. The second-order valence-electron chi connectivity index (χ2n) is 9.66. The molecule has 2 aromatic rings. The molecule has 1 aliphatic carbocycles. The minimum atomic E-state index is -0.744. The zero-order chi connectivity index (χ0) is 26.1. The van der Waals surface area contributed by atoms with Gasteiger partial charge in [0.2, 0.25) is 5.91 Å². The van der Waals surface area contributed by atoms with E-state index in [4.69, 9.17) is 17.3 Å². The Labute approximate surface area is 217 Å². The second kappa shape index (κ2) is 13.6. The number of aryl methyl sites for hydroxylation is 1. The van der Waals surface area contributed by atoms with Gasteiger partial charge >= 0.3 is 5.97 Å². The van der Waals surface area contributed by atoms with Gasteiger partial charge in [-0.25, -0.2) is 4.98 Å². The summed E-state index contributed by atoms with van der Waals surface area (Å²) in [5.74, 6) is -0.371. The maximum absolute atomic E-state index is 11.8.